The van der Waals surface area contributed by atoms with E-state index in [-0.39, 0.29) is 35.2 Å². The van der Waals surface area contributed by atoms with Crippen molar-refractivity contribution in [1.29, 1.82) is 0 Å². The van der Waals surface area contributed by atoms with Gasteiger partial charge in [-0.05, 0) is 50.0 Å². The summed E-state index contributed by atoms with van der Waals surface area (Å²) >= 11 is 0. The molecule has 2 heterocycles. The minimum absolute atomic E-state index is 0.0282. The van der Waals surface area contributed by atoms with E-state index in [1.165, 1.54) is 0 Å². The Kier molecular flexibility index (Phi) is 2.43. The molecule has 0 aromatic rings. The number of ether oxygens (including phenoxy) is 1. The zero-order valence-corrected chi connectivity index (χ0v) is 12.6. The number of aliphatic carboxylic acids is 1. The van der Waals surface area contributed by atoms with Crippen LogP contribution >= 0.6 is 0 Å². The smallest absolute Gasteiger partial charge is 0.303 e. The Labute approximate surface area is 124 Å². The average molecular weight is 290 g/mol. The van der Waals surface area contributed by atoms with Crippen molar-refractivity contribution in [3.8, 4) is 0 Å². The number of carboxylic acids is 1. The molecular formula is C17H22O4. The molecule has 4 heteroatoms. The van der Waals surface area contributed by atoms with Crippen LogP contribution < -0.4 is 0 Å². The van der Waals surface area contributed by atoms with E-state index in [2.05, 4.69) is 13.0 Å². The summed E-state index contributed by atoms with van der Waals surface area (Å²) in [5, 5.41) is 9.03. The fraction of sp³-hybridized carbons (Fsp3) is 0.765. The molecule has 0 radical (unpaired) electrons. The maximum atomic E-state index is 12.6. The molecule has 6 atom stereocenters. The normalized spacial score (nSPS) is 53.2. The van der Waals surface area contributed by atoms with Gasteiger partial charge in [0.25, 0.3) is 0 Å². The Bertz CT molecular complexity index is 567. The molecular weight excluding hydrogens is 268 g/mol. The number of carboxylic acid groups (broad SMARTS) is 1. The Morgan fingerprint density at radius 2 is 2.24 bits per heavy atom. The Hall–Kier alpha value is -1.16. The summed E-state index contributed by atoms with van der Waals surface area (Å²) in [6.07, 6.45) is 7.57. The first-order chi connectivity index (χ1) is 9.79. The third kappa shape index (κ3) is 1.54. The number of hydrogen-bond donors (Lipinski definition) is 1. The van der Waals surface area contributed by atoms with Crippen molar-refractivity contribution in [3.63, 3.8) is 0 Å². The molecule has 4 nitrogen and oxygen atoms in total. The Morgan fingerprint density at radius 3 is 2.90 bits per heavy atom. The van der Waals surface area contributed by atoms with Gasteiger partial charge in [0.05, 0.1) is 11.7 Å². The van der Waals surface area contributed by atoms with Crippen molar-refractivity contribution < 1.29 is 19.4 Å². The van der Waals surface area contributed by atoms with E-state index in [0.29, 0.717) is 12.3 Å². The molecule has 3 aliphatic carbocycles. The predicted molar refractivity (Wildman–Crippen MR) is 75.7 cm³/mol. The van der Waals surface area contributed by atoms with Gasteiger partial charge in [0, 0.05) is 17.8 Å². The number of allylic oxidation sites excluding steroid dienone is 2. The fourth-order valence-electron chi connectivity index (χ4n) is 6.01. The molecule has 2 saturated carbocycles. The van der Waals surface area contributed by atoms with Crippen LogP contribution in [0.3, 0.4) is 0 Å². The largest absolute Gasteiger partial charge is 0.481 e. The lowest BCUT2D eigenvalue weighted by atomic mass is 9.51. The van der Waals surface area contributed by atoms with E-state index < -0.39 is 11.4 Å². The molecule has 114 valence electrons. The molecule has 0 aromatic heterocycles. The zero-order valence-electron chi connectivity index (χ0n) is 12.6. The van der Waals surface area contributed by atoms with Gasteiger partial charge in [-0.1, -0.05) is 13.0 Å². The molecule has 0 amide bonds. The number of rotatable bonds is 3. The molecule has 1 N–H and O–H groups in total. The second-order valence-electron chi connectivity index (χ2n) is 8.00. The first kappa shape index (κ1) is 13.5. The highest BCUT2D eigenvalue weighted by atomic mass is 16.5. The molecule has 5 aliphatic rings. The molecule has 5 rings (SSSR count). The van der Waals surface area contributed by atoms with E-state index in [0.717, 1.165) is 19.3 Å². The minimum Gasteiger partial charge on any atom is -0.481 e. The van der Waals surface area contributed by atoms with Crippen LogP contribution in [0, 0.1) is 22.7 Å². The van der Waals surface area contributed by atoms with Gasteiger partial charge < -0.3 is 9.84 Å². The van der Waals surface area contributed by atoms with Crippen molar-refractivity contribution in [2.24, 2.45) is 22.7 Å². The maximum Gasteiger partial charge on any atom is 0.303 e. The van der Waals surface area contributed by atoms with Crippen LogP contribution in [0.15, 0.2) is 12.2 Å². The van der Waals surface area contributed by atoms with Gasteiger partial charge in [-0.3, -0.25) is 9.59 Å². The molecule has 0 aromatic carbocycles. The van der Waals surface area contributed by atoms with E-state index in [9.17, 15) is 9.59 Å². The highest BCUT2D eigenvalue weighted by Gasteiger charge is 2.71. The highest BCUT2D eigenvalue weighted by molar-refractivity contribution is 5.96. The summed E-state index contributed by atoms with van der Waals surface area (Å²) in [7, 11) is 0. The number of ketones is 1. The van der Waals surface area contributed by atoms with Gasteiger partial charge in [0.1, 0.15) is 0 Å². The van der Waals surface area contributed by atoms with Crippen LogP contribution in [0.5, 0.6) is 0 Å². The summed E-state index contributed by atoms with van der Waals surface area (Å²) in [5.41, 5.74) is -0.560. The zero-order chi connectivity index (χ0) is 15.0. The van der Waals surface area contributed by atoms with Crippen LogP contribution in [-0.2, 0) is 14.3 Å². The summed E-state index contributed by atoms with van der Waals surface area (Å²) in [4.78, 5) is 23.6. The lowest BCUT2D eigenvalue weighted by Crippen LogP contribution is -2.56. The quantitative estimate of drug-likeness (QED) is 0.867. The summed E-state index contributed by atoms with van der Waals surface area (Å²) in [6, 6.07) is 0. The molecule has 1 spiro atoms. The lowest BCUT2D eigenvalue weighted by molar-refractivity contribution is -0.170. The lowest BCUT2D eigenvalue weighted by Gasteiger charge is -2.55. The topological polar surface area (TPSA) is 63.6 Å². The average Bonchev–Trinajstić information content (AvgIpc) is 2.75. The Morgan fingerprint density at radius 1 is 1.48 bits per heavy atom. The molecule has 4 bridgehead atoms. The molecule has 2 saturated heterocycles. The van der Waals surface area contributed by atoms with E-state index in [1.54, 1.807) is 6.08 Å². The second-order valence-corrected chi connectivity index (χ2v) is 8.00. The minimum atomic E-state index is -0.827. The third-order valence-electron chi connectivity index (χ3n) is 6.77. The van der Waals surface area contributed by atoms with Crippen LogP contribution in [0.1, 0.15) is 46.0 Å². The summed E-state index contributed by atoms with van der Waals surface area (Å²) in [5.74, 6) is 0.00281. The van der Waals surface area contributed by atoms with Crippen molar-refractivity contribution in [2.45, 2.75) is 57.7 Å². The van der Waals surface area contributed by atoms with Gasteiger partial charge in [-0.2, -0.15) is 0 Å². The van der Waals surface area contributed by atoms with Gasteiger partial charge in [-0.15, -0.1) is 0 Å². The number of carbonyl (C=O) groups excluding carboxylic acids is 1. The highest BCUT2D eigenvalue weighted by Crippen LogP contribution is 2.71. The summed E-state index contributed by atoms with van der Waals surface area (Å²) in [6.45, 7) is 4.17. The fourth-order valence-corrected chi connectivity index (χ4v) is 6.01. The van der Waals surface area contributed by atoms with Gasteiger partial charge in [-0.25, -0.2) is 0 Å². The SMILES string of the molecule is C[C@]12C[C@@]34C=CC(=O)[C@@](C)(CCC(=O)O)[C@@H]3[C@@H](CC1C4)O2. The number of carbonyl (C=O) groups is 2. The second kappa shape index (κ2) is 3.78. The van der Waals surface area contributed by atoms with Crippen LogP contribution in [0.2, 0.25) is 0 Å². The van der Waals surface area contributed by atoms with Crippen LogP contribution in [0.25, 0.3) is 0 Å². The number of hydrogen-bond acceptors (Lipinski definition) is 3. The molecule has 4 fully saturated rings. The van der Waals surface area contributed by atoms with Crippen LogP contribution in [0.4, 0.5) is 0 Å². The van der Waals surface area contributed by atoms with E-state index in [4.69, 9.17) is 9.84 Å². The first-order valence-corrected chi connectivity index (χ1v) is 7.92. The van der Waals surface area contributed by atoms with Gasteiger partial charge in [0.15, 0.2) is 5.78 Å². The predicted octanol–water partition coefficient (Wildman–Crippen LogP) is 2.57. The van der Waals surface area contributed by atoms with Crippen molar-refractivity contribution in [3.05, 3.63) is 12.2 Å². The molecule has 2 aliphatic heterocycles. The maximum absolute atomic E-state index is 12.6. The Balaban J connectivity index is 1.75. The van der Waals surface area contributed by atoms with Crippen molar-refractivity contribution in [1.82, 2.24) is 0 Å². The van der Waals surface area contributed by atoms with Gasteiger partial charge >= 0.3 is 5.97 Å². The van der Waals surface area contributed by atoms with E-state index in [1.807, 2.05) is 6.92 Å². The third-order valence-corrected chi connectivity index (χ3v) is 6.77. The van der Waals surface area contributed by atoms with Crippen molar-refractivity contribution in [2.75, 3.05) is 0 Å². The monoisotopic (exact) mass is 290 g/mol. The summed E-state index contributed by atoms with van der Waals surface area (Å²) < 4.78 is 6.32. The van der Waals surface area contributed by atoms with Crippen LogP contribution in [-0.4, -0.2) is 28.6 Å². The molecule has 1 unspecified atom stereocenters. The van der Waals surface area contributed by atoms with Crippen molar-refractivity contribution >= 4 is 11.8 Å². The van der Waals surface area contributed by atoms with Gasteiger partial charge in [0.2, 0.25) is 0 Å². The first-order valence-electron chi connectivity index (χ1n) is 7.92. The molecule has 21 heavy (non-hydrogen) atoms. The van der Waals surface area contributed by atoms with E-state index >= 15 is 0 Å². The standard InChI is InChI=1S/C17H22O4/c1-15(5-4-13(19)20)12(18)3-6-17-8-10-7-11(14(15)17)21-16(10,2)9-17/h3,6,10-11,14H,4-5,7-9H2,1-2H3,(H,19,20)/t10?,11-,14+,15-,16+,17+/m1/s1.